The van der Waals surface area contributed by atoms with Gasteiger partial charge in [0, 0.05) is 31.1 Å². The van der Waals surface area contributed by atoms with Crippen molar-refractivity contribution < 1.29 is 14.6 Å². The lowest BCUT2D eigenvalue weighted by atomic mass is 10.2. The average Bonchev–Trinajstić information content (AvgIpc) is 3.18. The minimum absolute atomic E-state index is 0.101. The van der Waals surface area contributed by atoms with Crippen molar-refractivity contribution >= 4 is 34.3 Å². The third kappa shape index (κ3) is 4.27. The van der Waals surface area contributed by atoms with Crippen molar-refractivity contribution in [1.29, 1.82) is 0 Å². The highest BCUT2D eigenvalue weighted by Crippen LogP contribution is 2.38. The van der Waals surface area contributed by atoms with Crippen LogP contribution in [0.1, 0.15) is 0 Å². The minimum Gasteiger partial charge on any atom is -0.507 e. The molecule has 1 saturated heterocycles. The largest absolute Gasteiger partial charge is 0.507 e. The third-order valence-electron chi connectivity index (χ3n) is 4.20. The molecule has 1 fully saturated rings. The normalized spacial score (nSPS) is 15.3. The van der Waals surface area contributed by atoms with E-state index in [-0.39, 0.29) is 5.75 Å². The molecule has 1 aliphatic heterocycles. The zero-order valence-electron chi connectivity index (χ0n) is 14.4. The van der Waals surface area contributed by atoms with E-state index in [1.54, 1.807) is 18.2 Å². The Hall–Kier alpha value is -2.07. The number of nitrogens with one attached hydrogen (secondary N) is 1. The second kappa shape index (κ2) is 8.30. The van der Waals surface area contributed by atoms with Gasteiger partial charge in [-0.3, -0.25) is 4.90 Å². The molecule has 10 heteroatoms. The third-order valence-corrected chi connectivity index (χ3v) is 5.38. The number of nitrogens with zero attached hydrogens (tertiary/aromatic N) is 4. The summed E-state index contributed by atoms with van der Waals surface area (Å²) < 4.78 is 11.2. The molecule has 0 atom stereocenters. The van der Waals surface area contributed by atoms with E-state index in [2.05, 4.69) is 25.1 Å². The monoisotopic (exact) mass is 407 g/mol. The topological polar surface area (TPSA) is 96.4 Å². The van der Waals surface area contributed by atoms with Gasteiger partial charge in [0.25, 0.3) is 0 Å². The van der Waals surface area contributed by atoms with Crippen LogP contribution in [-0.4, -0.2) is 69.6 Å². The number of halogens is 1. The lowest BCUT2D eigenvalue weighted by molar-refractivity contribution is 0.0322. The lowest BCUT2D eigenvalue weighted by Crippen LogP contribution is -2.38. The van der Waals surface area contributed by atoms with Gasteiger partial charge >= 0.3 is 0 Å². The van der Waals surface area contributed by atoms with Gasteiger partial charge in [-0.1, -0.05) is 11.6 Å². The van der Waals surface area contributed by atoms with Gasteiger partial charge in [0.1, 0.15) is 34.5 Å². The molecule has 1 aromatic carbocycles. The molecule has 0 radical (unpaired) electrons. The van der Waals surface area contributed by atoms with Crippen molar-refractivity contribution in [3.63, 3.8) is 0 Å². The molecule has 3 aromatic rings. The molecule has 0 spiro atoms. The summed E-state index contributed by atoms with van der Waals surface area (Å²) in [5, 5.41) is 20.1. The Balaban J connectivity index is 1.52. The summed E-state index contributed by atoms with van der Waals surface area (Å²) in [6.45, 7) is 4.65. The number of aromatic amines is 1. The zero-order valence-corrected chi connectivity index (χ0v) is 16.0. The Morgan fingerprint density at radius 1 is 1.33 bits per heavy atom. The molecular weight excluding hydrogens is 390 g/mol. The van der Waals surface area contributed by atoms with Crippen LogP contribution in [0.4, 0.5) is 0 Å². The number of aromatic hydroxyl groups is 1. The fourth-order valence-corrected chi connectivity index (χ4v) is 3.78. The molecule has 8 nitrogen and oxygen atoms in total. The van der Waals surface area contributed by atoms with E-state index in [9.17, 15) is 5.11 Å². The van der Waals surface area contributed by atoms with Gasteiger partial charge in [-0.2, -0.15) is 0 Å². The summed E-state index contributed by atoms with van der Waals surface area (Å²) in [7, 11) is 0. The van der Waals surface area contributed by atoms with Gasteiger partial charge in [-0.25, -0.2) is 4.98 Å². The number of aromatic nitrogens is 4. The number of morpholine rings is 1. The Morgan fingerprint density at radius 2 is 2.19 bits per heavy atom. The molecule has 142 valence electrons. The van der Waals surface area contributed by atoms with Crippen molar-refractivity contribution in [2.45, 2.75) is 10.2 Å². The van der Waals surface area contributed by atoms with E-state index in [0.717, 1.165) is 32.8 Å². The average molecular weight is 408 g/mol. The standard InChI is InChI=1S/C17H18ClN5O3S/c18-15-13(26-8-5-23-3-6-25-7-4-23)2-1-11-12(24)9-14(21-16(11)15)27-17-19-10-20-22-17/h1-2,9-10H,3-8H2,(H,21,24)(H,19,20,22). The summed E-state index contributed by atoms with van der Waals surface area (Å²) in [6, 6.07) is 5.09. The molecule has 27 heavy (non-hydrogen) atoms. The first kappa shape index (κ1) is 18.3. The zero-order chi connectivity index (χ0) is 18.6. The van der Waals surface area contributed by atoms with Gasteiger partial charge in [0.05, 0.1) is 18.7 Å². The van der Waals surface area contributed by atoms with E-state index in [0.29, 0.717) is 38.5 Å². The number of hydrogen-bond acceptors (Lipinski definition) is 8. The molecule has 0 unspecified atom stereocenters. The number of rotatable bonds is 6. The SMILES string of the molecule is Oc1cc(Sc2nnc[nH]2)nc2c(Cl)c(OCCN3CCOCC3)ccc12. The highest BCUT2D eigenvalue weighted by Gasteiger charge is 2.15. The molecule has 4 rings (SSSR count). The maximum Gasteiger partial charge on any atom is 0.194 e. The van der Waals surface area contributed by atoms with Crippen LogP contribution >= 0.6 is 23.4 Å². The van der Waals surface area contributed by atoms with Crippen LogP contribution in [-0.2, 0) is 4.74 Å². The van der Waals surface area contributed by atoms with Crippen molar-refractivity contribution in [2.75, 3.05) is 39.5 Å². The second-order valence-electron chi connectivity index (χ2n) is 5.95. The fourth-order valence-electron chi connectivity index (χ4n) is 2.82. The Kier molecular flexibility index (Phi) is 5.63. The van der Waals surface area contributed by atoms with Crippen LogP contribution < -0.4 is 4.74 Å². The molecule has 0 bridgehead atoms. The van der Waals surface area contributed by atoms with Gasteiger partial charge < -0.3 is 19.6 Å². The number of ether oxygens (including phenoxy) is 2. The highest BCUT2D eigenvalue weighted by molar-refractivity contribution is 7.99. The number of benzene rings is 1. The fraction of sp³-hybridized carbons (Fsp3) is 0.353. The molecule has 0 aliphatic carbocycles. The molecule has 1 aliphatic rings. The van der Waals surface area contributed by atoms with Crippen LogP contribution in [0.5, 0.6) is 11.5 Å². The van der Waals surface area contributed by atoms with E-state index in [1.807, 2.05) is 0 Å². The van der Waals surface area contributed by atoms with Gasteiger partial charge in [-0.05, 0) is 23.9 Å². The van der Waals surface area contributed by atoms with Crippen LogP contribution in [0.15, 0.2) is 34.7 Å². The Morgan fingerprint density at radius 3 is 2.96 bits per heavy atom. The van der Waals surface area contributed by atoms with E-state index >= 15 is 0 Å². The van der Waals surface area contributed by atoms with Gasteiger partial charge in [0.15, 0.2) is 5.16 Å². The maximum absolute atomic E-state index is 10.3. The van der Waals surface area contributed by atoms with Crippen molar-refractivity contribution in [3.05, 3.63) is 29.5 Å². The quantitative estimate of drug-likeness (QED) is 0.643. The highest BCUT2D eigenvalue weighted by atomic mass is 35.5. The van der Waals surface area contributed by atoms with E-state index in [4.69, 9.17) is 21.1 Å². The van der Waals surface area contributed by atoms with Crippen molar-refractivity contribution in [3.8, 4) is 11.5 Å². The second-order valence-corrected chi connectivity index (χ2v) is 7.34. The summed E-state index contributed by atoms with van der Waals surface area (Å²) in [6.07, 6.45) is 1.48. The van der Waals surface area contributed by atoms with Crippen LogP contribution in [0, 0.1) is 0 Å². The predicted molar refractivity (Wildman–Crippen MR) is 102 cm³/mol. The van der Waals surface area contributed by atoms with Gasteiger partial charge in [0.2, 0.25) is 0 Å². The summed E-state index contributed by atoms with van der Waals surface area (Å²) in [5.74, 6) is 0.648. The number of fused-ring (bicyclic) bond motifs is 1. The first-order valence-corrected chi connectivity index (χ1v) is 9.69. The smallest absolute Gasteiger partial charge is 0.194 e. The molecule has 2 aromatic heterocycles. The maximum atomic E-state index is 10.3. The molecule has 2 N–H and O–H groups in total. The summed E-state index contributed by atoms with van der Waals surface area (Å²) in [4.78, 5) is 9.72. The lowest BCUT2D eigenvalue weighted by Gasteiger charge is -2.26. The van der Waals surface area contributed by atoms with Crippen molar-refractivity contribution in [2.24, 2.45) is 0 Å². The number of hydrogen-bond donors (Lipinski definition) is 2. The number of pyridine rings is 1. The van der Waals surface area contributed by atoms with E-state index in [1.165, 1.54) is 18.1 Å². The van der Waals surface area contributed by atoms with Crippen molar-refractivity contribution in [1.82, 2.24) is 25.1 Å². The molecular formula is C17H18ClN5O3S. The predicted octanol–water partition coefficient (Wildman–Crippen LogP) is 2.57. The van der Waals surface area contributed by atoms with E-state index < -0.39 is 0 Å². The van der Waals surface area contributed by atoms with Crippen LogP contribution in [0.25, 0.3) is 10.9 Å². The van der Waals surface area contributed by atoms with Gasteiger partial charge in [-0.15, -0.1) is 10.2 Å². The summed E-state index contributed by atoms with van der Waals surface area (Å²) in [5.41, 5.74) is 0.488. The Labute approximate surface area is 164 Å². The first-order valence-electron chi connectivity index (χ1n) is 8.50. The first-order chi connectivity index (χ1) is 13.2. The van der Waals surface area contributed by atoms with Crippen LogP contribution in [0.3, 0.4) is 0 Å². The minimum atomic E-state index is 0.101. The summed E-state index contributed by atoms with van der Waals surface area (Å²) >= 11 is 7.77. The number of H-pyrrole nitrogens is 1. The molecule has 0 saturated carbocycles. The Bertz CT molecular complexity index is 919. The molecule has 3 heterocycles. The van der Waals surface area contributed by atoms with Crippen LogP contribution in [0.2, 0.25) is 5.02 Å². The molecule has 0 amide bonds.